The van der Waals surface area contributed by atoms with Crippen LogP contribution in [0.5, 0.6) is 5.75 Å². The summed E-state index contributed by atoms with van der Waals surface area (Å²) in [7, 11) is 1.55. The van der Waals surface area contributed by atoms with Crippen LogP contribution in [0.3, 0.4) is 0 Å². The van der Waals surface area contributed by atoms with Crippen LogP contribution in [-0.4, -0.2) is 18.7 Å². The number of hydrogen-bond acceptors (Lipinski definition) is 4. The number of Topliss-reactive ketones (excluding diaryl/α,β-unsaturated/α-hetero) is 2. The van der Waals surface area contributed by atoms with Crippen molar-refractivity contribution in [1.82, 2.24) is 0 Å². The monoisotopic (exact) mass is 369 g/mol. The van der Waals surface area contributed by atoms with Gasteiger partial charge < -0.3 is 4.74 Å². The number of ether oxygens (including phenoxy) is 1. The normalized spacial score (nSPS) is 11.5. The minimum absolute atomic E-state index is 0.364. The maximum absolute atomic E-state index is 13.3. The van der Waals surface area contributed by atoms with Crippen LogP contribution in [0.25, 0.3) is 0 Å². The van der Waals surface area contributed by atoms with Gasteiger partial charge in [0.1, 0.15) is 11.7 Å². The summed E-state index contributed by atoms with van der Waals surface area (Å²) in [5, 5.41) is 9.88. The minimum atomic E-state index is -1.14. The molecule has 0 saturated heterocycles. The lowest BCUT2D eigenvalue weighted by Gasteiger charge is -2.21. The van der Waals surface area contributed by atoms with Crippen molar-refractivity contribution in [3.8, 4) is 11.8 Å². The number of benzene rings is 3. The van der Waals surface area contributed by atoms with E-state index in [9.17, 15) is 14.9 Å². The van der Waals surface area contributed by atoms with E-state index in [4.69, 9.17) is 4.74 Å². The molecule has 0 heterocycles. The van der Waals surface area contributed by atoms with Crippen LogP contribution in [0.2, 0.25) is 0 Å². The Balaban J connectivity index is 2.07. The van der Waals surface area contributed by atoms with Gasteiger partial charge in [0, 0.05) is 11.1 Å². The molecular formula is C24H19NO3. The molecule has 0 fully saturated rings. The zero-order chi connectivity index (χ0) is 19.9. The lowest BCUT2D eigenvalue weighted by atomic mass is 9.77. The number of hydrogen-bond donors (Lipinski definition) is 0. The average Bonchev–Trinajstić information content (AvgIpc) is 2.78. The van der Waals surface area contributed by atoms with Crippen LogP contribution in [-0.2, 0) is 0 Å². The third-order valence-electron chi connectivity index (χ3n) is 4.63. The highest BCUT2D eigenvalue weighted by Crippen LogP contribution is 2.31. The molecule has 3 rings (SSSR count). The van der Waals surface area contributed by atoms with Crippen LogP contribution in [0.15, 0.2) is 84.9 Å². The van der Waals surface area contributed by atoms with Gasteiger partial charge >= 0.3 is 0 Å². The number of carbonyl (C=O) groups is 2. The third kappa shape index (κ3) is 3.99. The molecule has 1 atom stereocenters. The first-order chi connectivity index (χ1) is 13.7. The van der Waals surface area contributed by atoms with Crippen LogP contribution in [0, 0.1) is 17.2 Å². The number of rotatable bonds is 7. The van der Waals surface area contributed by atoms with E-state index in [1.54, 1.807) is 92.0 Å². The molecule has 0 unspecified atom stereocenters. The highest BCUT2D eigenvalue weighted by atomic mass is 16.5. The van der Waals surface area contributed by atoms with E-state index in [0.29, 0.717) is 22.4 Å². The predicted octanol–water partition coefficient (Wildman–Crippen LogP) is 4.68. The number of nitriles is 1. The zero-order valence-electron chi connectivity index (χ0n) is 15.4. The van der Waals surface area contributed by atoms with E-state index in [-0.39, 0.29) is 11.6 Å². The van der Waals surface area contributed by atoms with Gasteiger partial charge in [0.2, 0.25) is 0 Å². The second-order valence-electron chi connectivity index (χ2n) is 6.32. The van der Waals surface area contributed by atoms with Crippen molar-refractivity contribution in [1.29, 1.82) is 5.26 Å². The summed E-state index contributed by atoms with van der Waals surface area (Å²) in [4.78, 5) is 26.5. The topological polar surface area (TPSA) is 67.2 Å². The van der Waals surface area contributed by atoms with Crippen molar-refractivity contribution in [2.24, 2.45) is 5.92 Å². The first kappa shape index (κ1) is 19.1. The molecule has 0 N–H and O–H groups in total. The standard InChI is InChI=1S/C24H19NO3/c1-28-20-14-12-17(13-15-20)21(16-25)22(23(26)18-8-4-2-5-9-18)24(27)19-10-6-3-7-11-19/h2-15,21-22H,1H3/t21-/m1/s1. The van der Waals surface area contributed by atoms with E-state index >= 15 is 0 Å². The summed E-state index contributed by atoms with van der Waals surface area (Å²) in [6.07, 6.45) is 0. The molecule has 0 aromatic heterocycles. The van der Waals surface area contributed by atoms with Gasteiger partial charge in [-0.25, -0.2) is 0 Å². The molecule has 0 saturated carbocycles. The van der Waals surface area contributed by atoms with Crippen LogP contribution < -0.4 is 4.74 Å². The number of methoxy groups -OCH3 is 1. The van der Waals surface area contributed by atoms with E-state index in [0.717, 1.165) is 0 Å². The van der Waals surface area contributed by atoms with Crippen molar-refractivity contribution in [2.45, 2.75) is 5.92 Å². The Morgan fingerprint density at radius 3 is 1.64 bits per heavy atom. The van der Waals surface area contributed by atoms with Gasteiger partial charge in [-0.3, -0.25) is 9.59 Å². The fourth-order valence-electron chi connectivity index (χ4n) is 3.14. The molecule has 0 amide bonds. The number of ketones is 2. The van der Waals surface area contributed by atoms with Crippen molar-refractivity contribution in [3.05, 3.63) is 102 Å². The summed E-state index contributed by atoms with van der Waals surface area (Å²) in [5.74, 6) is -2.14. The van der Waals surface area contributed by atoms with Gasteiger partial charge in [0.05, 0.1) is 19.1 Å². The Hall–Kier alpha value is -3.71. The smallest absolute Gasteiger partial charge is 0.175 e. The molecule has 0 aliphatic heterocycles. The van der Waals surface area contributed by atoms with Gasteiger partial charge in [-0.05, 0) is 17.7 Å². The number of nitrogens with zero attached hydrogens (tertiary/aromatic N) is 1. The van der Waals surface area contributed by atoms with E-state index in [2.05, 4.69) is 6.07 Å². The minimum Gasteiger partial charge on any atom is -0.497 e. The summed E-state index contributed by atoms with van der Waals surface area (Å²) in [6, 6.07) is 26.3. The van der Waals surface area contributed by atoms with E-state index in [1.807, 2.05) is 0 Å². The summed E-state index contributed by atoms with van der Waals surface area (Å²) in [5.41, 5.74) is 1.41. The SMILES string of the molecule is COc1ccc([C@@H](C#N)C(C(=O)c2ccccc2)C(=O)c2ccccc2)cc1. The zero-order valence-corrected chi connectivity index (χ0v) is 15.4. The highest BCUT2D eigenvalue weighted by Gasteiger charge is 2.37. The molecule has 0 aliphatic carbocycles. The lowest BCUT2D eigenvalue weighted by molar-refractivity contribution is 0.0796. The average molecular weight is 369 g/mol. The van der Waals surface area contributed by atoms with E-state index in [1.165, 1.54) is 0 Å². The van der Waals surface area contributed by atoms with Crippen LogP contribution in [0.1, 0.15) is 32.2 Å². The summed E-state index contributed by atoms with van der Waals surface area (Å²) < 4.78 is 5.16. The molecule has 0 bridgehead atoms. The largest absolute Gasteiger partial charge is 0.497 e. The first-order valence-corrected chi connectivity index (χ1v) is 8.87. The molecule has 0 aliphatic rings. The van der Waals surface area contributed by atoms with Gasteiger partial charge in [-0.1, -0.05) is 72.8 Å². The molecule has 4 heteroatoms. The Labute approximate surface area is 164 Å². The van der Waals surface area contributed by atoms with Crippen molar-refractivity contribution >= 4 is 11.6 Å². The Bertz CT molecular complexity index is 938. The molecular weight excluding hydrogens is 350 g/mol. The van der Waals surface area contributed by atoms with Crippen molar-refractivity contribution < 1.29 is 14.3 Å². The van der Waals surface area contributed by atoms with Gasteiger partial charge in [-0.15, -0.1) is 0 Å². The van der Waals surface area contributed by atoms with Gasteiger partial charge in [0.25, 0.3) is 0 Å². The molecule has 28 heavy (non-hydrogen) atoms. The predicted molar refractivity (Wildman–Crippen MR) is 106 cm³/mol. The Kier molecular flexibility index (Phi) is 5.98. The fourth-order valence-corrected chi connectivity index (χ4v) is 3.14. The first-order valence-electron chi connectivity index (χ1n) is 8.87. The van der Waals surface area contributed by atoms with E-state index < -0.39 is 11.8 Å². The Morgan fingerprint density at radius 2 is 1.25 bits per heavy atom. The van der Waals surface area contributed by atoms with Crippen molar-refractivity contribution in [2.75, 3.05) is 7.11 Å². The third-order valence-corrected chi connectivity index (χ3v) is 4.63. The van der Waals surface area contributed by atoms with Crippen molar-refractivity contribution in [3.63, 3.8) is 0 Å². The molecule has 0 spiro atoms. The molecule has 138 valence electrons. The van der Waals surface area contributed by atoms with Gasteiger partial charge in [0.15, 0.2) is 11.6 Å². The molecule has 3 aromatic rings. The molecule has 4 nitrogen and oxygen atoms in total. The van der Waals surface area contributed by atoms with Gasteiger partial charge in [-0.2, -0.15) is 5.26 Å². The Morgan fingerprint density at radius 1 is 0.786 bits per heavy atom. The molecule has 3 aromatic carbocycles. The summed E-state index contributed by atoms with van der Waals surface area (Å²) >= 11 is 0. The molecule has 0 radical (unpaired) electrons. The highest BCUT2D eigenvalue weighted by molar-refractivity contribution is 6.17. The second-order valence-corrected chi connectivity index (χ2v) is 6.32. The number of carbonyl (C=O) groups excluding carboxylic acids is 2. The second kappa shape index (κ2) is 8.79. The lowest BCUT2D eigenvalue weighted by Crippen LogP contribution is -2.30. The van der Waals surface area contributed by atoms with Crippen LogP contribution >= 0.6 is 0 Å². The fraction of sp³-hybridized carbons (Fsp3) is 0.125. The van der Waals surface area contributed by atoms with Crippen LogP contribution in [0.4, 0.5) is 0 Å². The summed E-state index contributed by atoms with van der Waals surface area (Å²) in [6.45, 7) is 0. The maximum Gasteiger partial charge on any atom is 0.175 e. The maximum atomic E-state index is 13.3. The quantitative estimate of drug-likeness (QED) is 0.448.